The Balaban J connectivity index is 1.44. The van der Waals surface area contributed by atoms with Crippen LogP contribution in [0.1, 0.15) is 29.2 Å². The molecule has 1 N–H and O–H groups in total. The first-order chi connectivity index (χ1) is 20.0. The van der Waals surface area contributed by atoms with Gasteiger partial charge in [0.05, 0.1) is 25.1 Å². The maximum Gasteiger partial charge on any atom is 0.290 e. The predicted molar refractivity (Wildman–Crippen MR) is 155 cm³/mol. The number of rotatable bonds is 12. The van der Waals surface area contributed by atoms with Crippen LogP contribution in [0.5, 0.6) is 11.5 Å². The third-order valence-electron chi connectivity index (χ3n) is 6.91. The molecule has 1 aromatic heterocycles. The molecule has 1 unspecified atom stereocenters. The molecule has 208 valence electrons. The Hall–Kier alpha value is -5.11. The Labute approximate surface area is 238 Å². The molecule has 0 radical (unpaired) electrons. The van der Waals surface area contributed by atoms with Gasteiger partial charge in [0.1, 0.15) is 6.61 Å². The number of hydrogen-bond donors (Lipinski definition) is 1. The fourth-order valence-corrected chi connectivity index (χ4v) is 4.86. The molecule has 8 nitrogen and oxygen atoms in total. The zero-order chi connectivity index (χ0) is 28.6. The van der Waals surface area contributed by atoms with Gasteiger partial charge in [0.25, 0.3) is 5.91 Å². The average molecular weight is 550 g/mol. The number of amides is 1. The van der Waals surface area contributed by atoms with Crippen LogP contribution >= 0.6 is 0 Å². The Morgan fingerprint density at radius 1 is 1.00 bits per heavy atom. The van der Waals surface area contributed by atoms with E-state index in [4.69, 9.17) is 9.47 Å². The van der Waals surface area contributed by atoms with Gasteiger partial charge in [-0.25, -0.2) is 4.98 Å². The number of imidazole rings is 1. The summed E-state index contributed by atoms with van der Waals surface area (Å²) < 4.78 is 13.6. The molecule has 0 spiro atoms. The molecule has 0 aliphatic carbocycles. The van der Waals surface area contributed by atoms with E-state index in [9.17, 15) is 14.7 Å². The summed E-state index contributed by atoms with van der Waals surface area (Å²) in [7, 11) is 1.54. The molecule has 3 aromatic carbocycles. The van der Waals surface area contributed by atoms with Crippen molar-refractivity contribution in [3.8, 4) is 11.5 Å². The standard InChI is InChI=1S/C33H31N3O5/c1-40-29-21-26(14-16-28(29)41-22-25-11-6-3-7-12-25)31-30(27(37)15-13-24-9-4-2-5-10-24)32(38)33(39)36(31)19-8-18-35-20-17-34-23-35/h2-7,9-17,20-21,23,31,38H,8,18-19,22H2,1H3. The van der Waals surface area contributed by atoms with Crippen molar-refractivity contribution in [1.29, 1.82) is 0 Å². The van der Waals surface area contributed by atoms with Crippen molar-refractivity contribution in [2.75, 3.05) is 13.7 Å². The maximum atomic E-state index is 13.5. The minimum atomic E-state index is -0.796. The van der Waals surface area contributed by atoms with Gasteiger partial charge in [0.15, 0.2) is 23.0 Å². The monoisotopic (exact) mass is 549 g/mol. The smallest absolute Gasteiger partial charge is 0.290 e. The molecule has 0 fully saturated rings. The summed E-state index contributed by atoms with van der Waals surface area (Å²) in [6.45, 7) is 1.30. The van der Waals surface area contributed by atoms with Gasteiger partial charge < -0.3 is 24.0 Å². The van der Waals surface area contributed by atoms with E-state index in [1.165, 1.54) is 11.0 Å². The van der Waals surface area contributed by atoms with Gasteiger partial charge >= 0.3 is 0 Å². The second-order valence-electron chi connectivity index (χ2n) is 9.61. The number of carbonyl (C=O) groups excluding carboxylic acids is 2. The number of ether oxygens (including phenoxy) is 2. The predicted octanol–water partition coefficient (Wildman–Crippen LogP) is 5.54. The summed E-state index contributed by atoms with van der Waals surface area (Å²) in [4.78, 5) is 32.4. The maximum absolute atomic E-state index is 13.5. The van der Waals surface area contributed by atoms with Crippen LogP contribution in [-0.4, -0.2) is 44.9 Å². The van der Waals surface area contributed by atoms with Gasteiger partial charge in [-0.1, -0.05) is 72.8 Å². The Bertz CT molecular complexity index is 1550. The van der Waals surface area contributed by atoms with Gasteiger partial charge in [-0.05, 0) is 41.3 Å². The number of aliphatic hydroxyl groups excluding tert-OH is 1. The SMILES string of the molecule is COc1cc(C2C(C(=O)C=Cc3ccccc3)=C(O)C(=O)N2CCCn2ccnc2)ccc1OCc1ccccc1. The number of ketones is 1. The van der Waals surface area contributed by atoms with E-state index < -0.39 is 23.5 Å². The van der Waals surface area contributed by atoms with Crippen LogP contribution in [0.2, 0.25) is 0 Å². The number of hydrogen-bond acceptors (Lipinski definition) is 6. The highest BCUT2D eigenvalue weighted by Crippen LogP contribution is 2.41. The van der Waals surface area contributed by atoms with E-state index in [2.05, 4.69) is 4.98 Å². The number of benzene rings is 3. The summed E-state index contributed by atoms with van der Waals surface area (Å²) in [6, 6.07) is 23.7. The summed E-state index contributed by atoms with van der Waals surface area (Å²) >= 11 is 0. The van der Waals surface area contributed by atoms with Crippen LogP contribution < -0.4 is 9.47 Å². The minimum absolute atomic E-state index is 0.0322. The Kier molecular flexibility index (Phi) is 8.59. The van der Waals surface area contributed by atoms with Crippen molar-refractivity contribution in [2.24, 2.45) is 0 Å². The first-order valence-electron chi connectivity index (χ1n) is 13.4. The number of allylic oxidation sites excluding steroid dienone is 1. The van der Waals surface area contributed by atoms with Crippen LogP contribution in [0.25, 0.3) is 6.08 Å². The number of aromatic nitrogens is 2. The number of methoxy groups -OCH3 is 1. The van der Waals surface area contributed by atoms with E-state index in [-0.39, 0.29) is 5.57 Å². The van der Waals surface area contributed by atoms with E-state index >= 15 is 0 Å². The third-order valence-corrected chi connectivity index (χ3v) is 6.91. The molecule has 1 atom stereocenters. The van der Waals surface area contributed by atoms with Crippen molar-refractivity contribution >= 4 is 17.8 Å². The van der Waals surface area contributed by atoms with E-state index in [0.717, 1.165) is 11.1 Å². The molecular formula is C33H31N3O5. The van der Waals surface area contributed by atoms with Crippen LogP contribution in [-0.2, 0) is 22.7 Å². The number of carbonyl (C=O) groups is 2. The van der Waals surface area contributed by atoms with Crippen molar-refractivity contribution in [2.45, 2.75) is 25.6 Å². The number of aryl methyl sites for hydroxylation is 1. The molecule has 0 saturated heterocycles. The number of aliphatic hydroxyl groups is 1. The number of nitrogens with zero attached hydrogens (tertiary/aromatic N) is 3. The lowest BCUT2D eigenvalue weighted by Gasteiger charge is -2.27. The molecule has 4 aromatic rings. The molecule has 1 aliphatic rings. The lowest BCUT2D eigenvalue weighted by Crippen LogP contribution is -2.32. The lowest BCUT2D eigenvalue weighted by atomic mass is 9.95. The second-order valence-corrected chi connectivity index (χ2v) is 9.61. The molecule has 0 bridgehead atoms. The van der Waals surface area contributed by atoms with Gasteiger partial charge in [-0.15, -0.1) is 0 Å². The van der Waals surface area contributed by atoms with Crippen LogP contribution in [0.3, 0.4) is 0 Å². The van der Waals surface area contributed by atoms with Crippen molar-refractivity contribution in [3.63, 3.8) is 0 Å². The second kappa shape index (κ2) is 12.8. The molecule has 1 aliphatic heterocycles. The first kappa shape index (κ1) is 27.5. The minimum Gasteiger partial charge on any atom is -0.503 e. The van der Waals surface area contributed by atoms with Gasteiger partial charge in [0.2, 0.25) is 0 Å². The highest BCUT2D eigenvalue weighted by Gasteiger charge is 2.42. The van der Waals surface area contributed by atoms with Crippen LogP contribution in [0.4, 0.5) is 0 Å². The molecule has 0 saturated carbocycles. The quantitative estimate of drug-likeness (QED) is 0.233. The van der Waals surface area contributed by atoms with Gasteiger partial charge in [-0.3, -0.25) is 9.59 Å². The Morgan fingerprint density at radius 2 is 1.76 bits per heavy atom. The third kappa shape index (κ3) is 6.38. The lowest BCUT2D eigenvalue weighted by molar-refractivity contribution is -0.129. The molecule has 1 amide bonds. The summed E-state index contributed by atoms with van der Waals surface area (Å²) in [5.74, 6) is -0.572. The van der Waals surface area contributed by atoms with E-state index in [1.54, 1.807) is 43.9 Å². The highest BCUT2D eigenvalue weighted by atomic mass is 16.5. The largest absolute Gasteiger partial charge is 0.503 e. The zero-order valence-corrected chi connectivity index (χ0v) is 22.7. The zero-order valence-electron chi connectivity index (χ0n) is 22.7. The van der Waals surface area contributed by atoms with Crippen molar-refractivity contribution < 1.29 is 24.2 Å². The van der Waals surface area contributed by atoms with Crippen molar-refractivity contribution in [3.05, 3.63) is 132 Å². The fourth-order valence-electron chi connectivity index (χ4n) is 4.86. The average Bonchev–Trinajstić information content (AvgIpc) is 3.62. The molecular weight excluding hydrogens is 518 g/mol. The van der Waals surface area contributed by atoms with Crippen LogP contribution in [0, 0.1) is 0 Å². The van der Waals surface area contributed by atoms with Crippen LogP contribution in [0.15, 0.2) is 115 Å². The summed E-state index contributed by atoms with van der Waals surface area (Å²) in [5.41, 5.74) is 2.51. The first-order valence-corrected chi connectivity index (χ1v) is 13.4. The van der Waals surface area contributed by atoms with Gasteiger partial charge in [0, 0.05) is 25.5 Å². The molecule has 2 heterocycles. The summed E-state index contributed by atoms with van der Waals surface area (Å²) in [5, 5.41) is 11.0. The topological polar surface area (TPSA) is 93.9 Å². The normalized spacial score (nSPS) is 15.1. The van der Waals surface area contributed by atoms with E-state index in [0.29, 0.717) is 43.2 Å². The van der Waals surface area contributed by atoms with E-state index in [1.807, 2.05) is 71.4 Å². The molecule has 8 heteroatoms. The van der Waals surface area contributed by atoms with Gasteiger partial charge in [-0.2, -0.15) is 0 Å². The molecule has 41 heavy (non-hydrogen) atoms. The highest BCUT2D eigenvalue weighted by molar-refractivity contribution is 6.14. The fraction of sp³-hybridized carbons (Fsp3) is 0.182. The Morgan fingerprint density at radius 3 is 2.46 bits per heavy atom. The van der Waals surface area contributed by atoms with Crippen molar-refractivity contribution in [1.82, 2.24) is 14.5 Å². The summed E-state index contributed by atoms with van der Waals surface area (Å²) in [6.07, 6.45) is 8.92. The molecule has 5 rings (SSSR count).